The van der Waals surface area contributed by atoms with Gasteiger partial charge in [-0.25, -0.2) is 13.2 Å². The molecule has 2 heterocycles. The van der Waals surface area contributed by atoms with Gasteiger partial charge >= 0.3 is 18.1 Å². The van der Waals surface area contributed by atoms with Crippen LogP contribution in [0.3, 0.4) is 0 Å². The summed E-state index contributed by atoms with van der Waals surface area (Å²) in [5.41, 5.74) is 0.495. The van der Waals surface area contributed by atoms with E-state index in [0.29, 0.717) is 5.57 Å². The molecule has 0 unspecified atom stereocenters. The van der Waals surface area contributed by atoms with Crippen LogP contribution < -0.4 is 16.0 Å². The standard InChI is InChI=1S/C14H15N3O6S.C2HF3O2/c1-15-7(14(20)21)4-6-5-17-9-8(6)11(18)10-13(12(9)19)24(22,23)3-2-16-10;3-2(4,5)1(6)7/h5,7,15,18-19H,2-4H2,1H3,(H,20,21);(H,6,7)/t7-;/m0./s1. The number of alkyl halides is 3. The van der Waals surface area contributed by atoms with Crippen LogP contribution in [0.1, 0.15) is 12.0 Å². The van der Waals surface area contributed by atoms with Crippen LogP contribution in [-0.2, 0) is 19.4 Å². The smallest absolute Gasteiger partial charge is 0.490 e. The van der Waals surface area contributed by atoms with E-state index in [4.69, 9.17) is 15.0 Å². The summed E-state index contributed by atoms with van der Waals surface area (Å²) in [6.45, 7) is -0.0222. The van der Waals surface area contributed by atoms with Gasteiger partial charge in [0, 0.05) is 12.6 Å². The molecule has 0 amide bonds. The van der Waals surface area contributed by atoms with Crippen LogP contribution in [0.25, 0.3) is 5.57 Å². The van der Waals surface area contributed by atoms with Crippen LogP contribution in [0.5, 0.6) is 11.5 Å². The average molecular weight is 467 g/mol. The summed E-state index contributed by atoms with van der Waals surface area (Å²) in [4.78, 5) is 27.6. The number of likely N-dealkylation sites (N-methyl/N-ethyl adjacent to an activating group) is 1. The third kappa shape index (κ3) is 4.77. The fraction of sp³-hybridized carbons (Fsp3) is 0.375. The van der Waals surface area contributed by atoms with Crippen LogP contribution >= 0.6 is 0 Å². The number of aliphatic carboxylic acids is 2. The summed E-state index contributed by atoms with van der Waals surface area (Å²) in [6.07, 6.45) is -3.77. The molecule has 2 aliphatic rings. The molecule has 3 rings (SSSR count). The Labute approximate surface area is 171 Å². The van der Waals surface area contributed by atoms with E-state index in [1.54, 1.807) is 0 Å². The van der Waals surface area contributed by atoms with E-state index in [-0.39, 0.29) is 35.0 Å². The van der Waals surface area contributed by atoms with Crippen molar-refractivity contribution in [3.8, 4) is 11.5 Å². The van der Waals surface area contributed by atoms with Crippen LogP contribution in [0, 0.1) is 0 Å². The highest BCUT2D eigenvalue weighted by atomic mass is 32.2. The van der Waals surface area contributed by atoms with Gasteiger partial charge in [0.15, 0.2) is 21.3 Å². The van der Waals surface area contributed by atoms with Gasteiger partial charge in [-0.3, -0.25) is 14.8 Å². The number of aromatic hydroxyl groups is 2. The van der Waals surface area contributed by atoms with E-state index in [1.165, 1.54) is 13.2 Å². The largest absolute Gasteiger partial charge is 0.505 e. The van der Waals surface area contributed by atoms with Gasteiger partial charge in [0.05, 0.1) is 17.9 Å². The lowest BCUT2D eigenvalue weighted by Gasteiger charge is -2.16. The van der Waals surface area contributed by atoms with E-state index >= 15 is 0 Å². The third-order valence-electron chi connectivity index (χ3n) is 4.28. The normalized spacial score (nSPS) is 17.0. The number of fused-ring (bicyclic) bond motifs is 2. The monoisotopic (exact) mass is 467 g/mol. The van der Waals surface area contributed by atoms with E-state index in [9.17, 15) is 36.6 Å². The number of carbonyl (C=O) groups is 2. The van der Waals surface area contributed by atoms with Crippen molar-refractivity contribution >= 4 is 27.3 Å². The Morgan fingerprint density at radius 3 is 2.26 bits per heavy atom. The Balaban J connectivity index is 0.000000423. The minimum Gasteiger partial charge on any atom is -0.505 e. The van der Waals surface area contributed by atoms with E-state index in [1.807, 2.05) is 0 Å². The summed E-state index contributed by atoms with van der Waals surface area (Å²) in [5.74, 6) is -5.07. The van der Waals surface area contributed by atoms with Gasteiger partial charge in [0.25, 0.3) is 0 Å². The van der Waals surface area contributed by atoms with Crippen LogP contribution in [0.15, 0.2) is 21.1 Å². The van der Waals surface area contributed by atoms with Crippen molar-refractivity contribution in [2.75, 3.05) is 19.3 Å². The molecular formula is C16H16F3N3O8S. The third-order valence-corrected chi connectivity index (χ3v) is 6.01. The van der Waals surface area contributed by atoms with Crippen molar-refractivity contribution in [3.05, 3.63) is 22.5 Å². The minimum atomic E-state index is -5.08. The maximum Gasteiger partial charge on any atom is 0.490 e. The molecule has 5 N–H and O–H groups in total. The quantitative estimate of drug-likeness (QED) is 0.353. The lowest BCUT2D eigenvalue weighted by atomic mass is 9.98. The summed E-state index contributed by atoms with van der Waals surface area (Å²) in [7, 11) is -2.28. The highest BCUT2D eigenvalue weighted by molar-refractivity contribution is 7.91. The molecule has 31 heavy (non-hydrogen) atoms. The molecule has 0 saturated heterocycles. The van der Waals surface area contributed by atoms with Crippen molar-refractivity contribution in [2.45, 2.75) is 23.5 Å². The maximum absolute atomic E-state index is 12.2. The van der Waals surface area contributed by atoms with Gasteiger partial charge in [0.2, 0.25) is 0 Å². The fourth-order valence-electron chi connectivity index (χ4n) is 2.82. The maximum atomic E-state index is 12.2. The van der Waals surface area contributed by atoms with Gasteiger partial charge in [-0.1, -0.05) is 0 Å². The van der Waals surface area contributed by atoms with Crippen molar-refractivity contribution in [2.24, 2.45) is 9.98 Å². The van der Waals surface area contributed by atoms with Crippen LogP contribution in [0.4, 0.5) is 13.2 Å². The molecule has 1 atom stereocenters. The SMILES string of the molecule is CN[C@@H](CC1=CN=c2c(O)c3c(c(O)c21)=NCCS3(=O)=O)C(=O)O.O=C(O)C(F)(F)F. The van der Waals surface area contributed by atoms with Crippen LogP contribution in [0.2, 0.25) is 0 Å². The first-order valence-electron chi connectivity index (χ1n) is 8.35. The molecule has 170 valence electrons. The van der Waals surface area contributed by atoms with E-state index in [2.05, 4.69) is 15.3 Å². The summed E-state index contributed by atoms with van der Waals surface area (Å²) < 4.78 is 56.1. The molecule has 0 aliphatic carbocycles. The zero-order valence-corrected chi connectivity index (χ0v) is 16.5. The second kappa shape index (κ2) is 8.50. The molecule has 11 nitrogen and oxygen atoms in total. The van der Waals surface area contributed by atoms with Gasteiger partial charge in [-0.05, 0) is 12.6 Å². The number of phenols is 2. The first-order chi connectivity index (χ1) is 14.2. The molecule has 1 aromatic rings. The molecular weight excluding hydrogens is 451 g/mol. The van der Waals surface area contributed by atoms with E-state index in [0.717, 1.165) is 0 Å². The van der Waals surface area contributed by atoms with Gasteiger partial charge in [-0.2, -0.15) is 13.2 Å². The Hall–Kier alpha value is -3.20. The minimum absolute atomic E-state index is 0.000863. The lowest BCUT2D eigenvalue weighted by Crippen LogP contribution is -2.34. The number of sulfone groups is 1. The fourth-order valence-corrected chi connectivity index (χ4v) is 4.20. The number of benzene rings is 1. The molecule has 0 radical (unpaired) electrons. The van der Waals surface area contributed by atoms with Gasteiger partial charge < -0.3 is 25.7 Å². The first kappa shape index (κ1) is 24.1. The number of carboxylic acids is 2. The Bertz CT molecular complexity index is 1190. The number of carboxylic acid groups (broad SMARTS) is 2. The molecule has 15 heteroatoms. The highest BCUT2D eigenvalue weighted by Gasteiger charge is 2.38. The molecule has 0 bridgehead atoms. The predicted molar refractivity (Wildman–Crippen MR) is 95.8 cm³/mol. The Morgan fingerprint density at radius 2 is 1.77 bits per heavy atom. The second-order valence-corrected chi connectivity index (χ2v) is 8.32. The average Bonchev–Trinajstić information content (AvgIpc) is 3.07. The molecule has 0 fully saturated rings. The lowest BCUT2D eigenvalue weighted by molar-refractivity contribution is -0.192. The summed E-state index contributed by atoms with van der Waals surface area (Å²) in [6, 6.07) is -0.921. The van der Waals surface area contributed by atoms with Crippen molar-refractivity contribution in [1.82, 2.24) is 5.32 Å². The number of rotatable bonds is 4. The van der Waals surface area contributed by atoms with Gasteiger partial charge in [-0.15, -0.1) is 0 Å². The molecule has 0 aromatic heterocycles. The Kier molecular flexibility index (Phi) is 6.60. The number of halogens is 3. The number of nitrogens with zero attached hydrogens (tertiary/aromatic N) is 2. The zero-order chi connectivity index (χ0) is 23.7. The number of nitrogens with one attached hydrogen (secondary N) is 1. The second-order valence-electron chi connectivity index (χ2n) is 6.27. The predicted octanol–water partition coefficient (Wildman–Crippen LogP) is -0.825. The summed E-state index contributed by atoms with van der Waals surface area (Å²) in [5, 5.41) is 39.4. The highest BCUT2D eigenvalue weighted by Crippen LogP contribution is 2.32. The van der Waals surface area contributed by atoms with Crippen LogP contribution in [-0.4, -0.2) is 72.3 Å². The number of phenolic OH excluding ortho intramolecular Hbond substituents is 2. The number of hydrogen-bond acceptors (Lipinski definition) is 9. The molecule has 1 aromatic carbocycles. The van der Waals surface area contributed by atoms with Crippen molar-refractivity contribution < 1.29 is 51.6 Å². The number of hydrogen-bond donors (Lipinski definition) is 5. The van der Waals surface area contributed by atoms with Gasteiger partial charge in [0.1, 0.15) is 21.7 Å². The summed E-state index contributed by atoms with van der Waals surface area (Å²) >= 11 is 0. The zero-order valence-electron chi connectivity index (χ0n) is 15.6. The van der Waals surface area contributed by atoms with Crippen molar-refractivity contribution in [1.29, 1.82) is 0 Å². The topological polar surface area (TPSA) is 186 Å². The molecule has 0 spiro atoms. The Morgan fingerprint density at radius 1 is 1.19 bits per heavy atom. The first-order valence-corrected chi connectivity index (χ1v) is 10.00. The van der Waals surface area contributed by atoms with Crippen molar-refractivity contribution in [3.63, 3.8) is 0 Å². The molecule has 2 aliphatic heterocycles. The van der Waals surface area contributed by atoms with E-state index < -0.39 is 50.4 Å². The molecule has 0 saturated carbocycles.